The van der Waals surface area contributed by atoms with Crippen LogP contribution in [0, 0.1) is 0 Å². The lowest BCUT2D eigenvalue weighted by molar-refractivity contribution is 0.0353. The molecule has 1 atom stereocenters. The monoisotopic (exact) mass is 538 g/mol. The highest BCUT2D eigenvalue weighted by atomic mass is 79.9. The molecule has 2 aliphatic rings. The third-order valence-electron chi connectivity index (χ3n) is 6.47. The van der Waals surface area contributed by atoms with Gasteiger partial charge >= 0.3 is 0 Å². The number of halogens is 1. The molecule has 0 bridgehead atoms. The van der Waals surface area contributed by atoms with Gasteiger partial charge in [-0.25, -0.2) is 0 Å². The lowest BCUT2D eigenvalue weighted by Crippen LogP contribution is -2.38. The number of amides is 1. The van der Waals surface area contributed by atoms with Crippen LogP contribution in [-0.4, -0.2) is 61.7 Å². The van der Waals surface area contributed by atoms with Gasteiger partial charge in [0.25, 0.3) is 5.91 Å². The van der Waals surface area contributed by atoms with Crippen LogP contribution in [0.5, 0.6) is 5.75 Å². The molecule has 3 aromatic rings. The van der Waals surface area contributed by atoms with Crippen molar-refractivity contribution in [2.75, 3.05) is 46.0 Å². The number of nitrogens with zero attached hydrogens (tertiary/aromatic N) is 2. The van der Waals surface area contributed by atoms with E-state index in [9.17, 15) is 9.59 Å². The zero-order chi connectivity index (χ0) is 24.4. The van der Waals surface area contributed by atoms with Crippen molar-refractivity contribution < 1.29 is 18.7 Å². The first-order valence-corrected chi connectivity index (χ1v) is 12.6. The largest absolute Gasteiger partial charge is 0.490 e. The maximum absolute atomic E-state index is 13.7. The number of benzene rings is 2. The Labute approximate surface area is 212 Å². The summed E-state index contributed by atoms with van der Waals surface area (Å²) >= 11 is 3.44. The number of hydrogen-bond acceptors (Lipinski definition) is 6. The molecule has 3 heterocycles. The first kappa shape index (κ1) is 23.8. The number of fused-ring (bicyclic) bond motifs is 2. The van der Waals surface area contributed by atoms with Gasteiger partial charge in [-0.1, -0.05) is 40.7 Å². The minimum absolute atomic E-state index is 0.133. The first-order chi connectivity index (χ1) is 17.1. The van der Waals surface area contributed by atoms with Crippen LogP contribution in [0.3, 0.4) is 0 Å². The summed E-state index contributed by atoms with van der Waals surface area (Å²) in [6, 6.07) is 12.3. The van der Waals surface area contributed by atoms with Gasteiger partial charge in [-0.3, -0.25) is 14.5 Å². The summed E-state index contributed by atoms with van der Waals surface area (Å²) in [5.74, 6) is 0.584. The van der Waals surface area contributed by atoms with Crippen LogP contribution in [-0.2, 0) is 4.74 Å². The Morgan fingerprint density at radius 2 is 1.86 bits per heavy atom. The molecule has 1 aromatic heterocycles. The lowest BCUT2D eigenvalue weighted by atomic mass is 9.98. The number of rotatable bonds is 8. The maximum atomic E-state index is 13.7. The second-order valence-corrected chi connectivity index (χ2v) is 9.61. The van der Waals surface area contributed by atoms with E-state index >= 15 is 0 Å². The van der Waals surface area contributed by atoms with Crippen molar-refractivity contribution in [3.63, 3.8) is 0 Å². The van der Waals surface area contributed by atoms with Gasteiger partial charge < -0.3 is 18.8 Å². The Hall–Kier alpha value is -2.94. The molecule has 182 valence electrons. The zero-order valence-corrected chi connectivity index (χ0v) is 21.0. The van der Waals surface area contributed by atoms with Gasteiger partial charge in [0.05, 0.1) is 30.2 Å². The van der Waals surface area contributed by atoms with E-state index in [4.69, 9.17) is 13.9 Å². The fourth-order valence-corrected chi connectivity index (χ4v) is 5.12. The topological polar surface area (TPSA) is 72.2 Å². The highest BCUT2D eigenvalue weighted by molar-refractivity contribution is 9.10. The molecule has 1 unspecified atom stereocenters. The Morgan fingerprint density at radius 1 is 1.09 bits per heavy atom. The summed E-state index contributed by atoms with van der Waals surface area (Å²) in [5.41, 5.74) is 1.47. The highest BCUT2D eigenvalue weighted by Gasteiger charge is 2.42. The molecule has 8 heteroatoms. The Bertz CT molecular complexity index is 1300. The van der Waals surface area contributed by atoms with E-state index in [0.29, 0.717) is 35.4 Å². The van der Waals surface area contributed by atoms with Crippen molar-refractivity contribution in [1.29, 1.82) is 0 Å². The van der Waals surface area contributed by atoms with Gasteiger partial charge in [-0.05, 0) is 42.3 Å². The first-order valence-electron chi connectivity index (χ1n) is 11.8. The van der Waals surface area contributed by atoms with Crippen LogP contribution in [0.15, 0.2) is 68.8 Å². The fraction of sp³-hybridized carbons (Fsp3) is 0.333. The summed E-state index contributed by atoms with van der Waals surface area (Å²) in [4.78, 5) is 31.3. The van der Waals surface area contributed by atoms with E-state index in [2.05, 4.69) is 27.4 Å². The second-order valence-electron chi connectivity index (χ2n) is 8.69. The highest BCUT2D eigenvalue weighted by Crippen LogP contribution is 2.39. The SMILES string of the molecule is C=CCOc1ccc(C2c3c(oc4ccc(Br)cc4c3=O)C(=O)N2CCCN2CCOCC2)cc1. The number of hydrogen-bond donors (Lipinski definition) is 0. The van der Waals surface area contributed by atoms with Crippen molar-refractivity contribution in [1.82, 2.24) is 9.80 Å². The number of carbonyl (C=O) groups is 1. The van der Waals surface area contributed by atoms with E-state index in [1.165, 1.54) is 0 Å². The summed E-state index contributed by atoms with van der Waals surface area (Å²) in [7, 11) is 0. The predicted octanol–water partition coefficient (Wildman–Crippen LogP) is 4.39. The van der Waals surface area contributed by atoms with Gasteiger partial charge in [0, 0.05) is 30.7 Å². The zero-order valence-electron chi connectivity index (χ0n) is 19.4. The van der Waals surface area contributed by atoms with Crippen LogP contribution >= 0.6 is 15.9 Å². The molecule has 35 heavy (non-hydrogen) atoms. The molecule has 0 radical (unpaired) electrons. The molecular weight excluding hydrogens is 512 g/mol. The maximum Gasteiger partial charge on any atom is 0.290 e. The lowest BCUT2D eigenvalue weighted by Gasteiger charge is -2.29. The minimum Gasteiger partial charge on any atom is -0.490 e. The fourth-order valence-electron chi connectivity index (χ4n) is 4.76. The molecule has 2 aliphatic heterocycles. The molecule has 1 amide bonds. The second kappa shape index (κ2) is 10.4. The van der Waals surface area contributed by atoms with Gasteiger partial charge in [0.2, 0.25) is 5.76 Å². The summed E-state index contributed by atoms with van der Waals surface area (Å²) in [5, 5.41) is 0.456. The van der Waals surface area contributed by atoms with E-state index < -0.39 is 6.04 Å². The molecule has 0 spiro atoms. The van der Waals surface area contributed by atoms with Crippen molar-refractivity contribution >= 4 is 32.8 Å². The smallest absolute Gasteiger partial charge is 0.290 e. The van der Waals surface area contributed by atoms with Crippen LogP contribution in [0.2, 0.25) is 0 Å². The molecular formula is C27H27BrN2O5. The van der Waals surface area contributed by atoms with Crippen LogP contribution in [0.4, 0.5) is 0 Å². The van der Waals surface area contributed by atoms with Crippen LogP contribution in [0.25, 0.3) is 11.0 Å². The van der Waals surface area contributed by atoms with Gasteiger partial charge in [0.1, 0.15) is 17.9 Å². The third-order valence-corrected chi connectivity index (χ3v) is 6.96. The van der Waals surface area contributed by atoms with Gasteiger partial charge in [-0.2, -0.15) is 0 Å². The number of carbonyl (C=O) groups excluding carboxylic acids is 1. The van der Waals surface area contributed by atoms with Gasteiger partial charge in [0.15, 0.2) is 5.43 Å². The Balaban J connectivity index is 1.51. The minimum atomic E-state index is -0.518. The molecule has 1 saturated heterocycles. The normalized spacial score (nSPS) is 18.1. The van der Waals surface area contributed by atoms with E-state index in [-0.39, 0.29) is 17.1 Å². The van der Waals surface area contributed by atoms with Crippen LogP contribution in [0.1, 0.15) is 34.1 Å². The Kier molecular flexibility index (Phi) is 7.04. The molecule has 5 rings (SSSR count). The average Bonchev–Trinajstić information content (AvgIpc) is 3.16. The molecule has 0 N–H and O–H groups in total. The van der Waals surface area contributed by atoms with E-state index in [0.717, 1.165) is 49.3 Å². The van der Waals surface area contributed by atoms with Crippen LogP contribution < -0.4 is 10.2 Å². The molecule has 0 aliphatic carbocycles. The van der Waals surface area contributed by atoms with E-state index in [1.807, 2.05) is 24.3 Å². The summed E-state index contributed by atoms with van der Waals surface area (Å²) < 4.78 is 17.9. The van der Waals surface area contributed by atoms with Crippen molar-refractivity contribution in [2.45, 2.75) is 12.5 Å². The molecule has 2 aromatic carbocycles. The number of ether oxygens (including phenoxy) is 2. The summed E-state index contributed by atoms with van der Waals surface area (Å²) in [6.45, 7) is 8.71. The predicted molar refractivity (Wildman–Crippen MR) is 137 cm³/mol. The van der Waals surface area contributed by atoms with Crippen molar-refractivity contribution in [3.05, 3.63) is 86.7 Å². The van der Waals surface area contributed by atoms with Crippen molar-refractivity contribution in [3.8, 4) is 5.75 Å². The Morgan fingerprint density at radius 3 is 2.60 bits per heavy atom. The van der Waals surface area contributed by atoms with Gasteiger partial charge in [-0.15, -0.1) is 0 Å². The number of morpholine rings is 1. The third kappa shape index (κ3) is 4.78. The van der Waals surface area contributed by atoms with Crippen molar-refractivity contribution in [2.24, 2.45) is 0 Å². The standard InChI is InChI=1S/C27H27BrN2O5/c1-2-14-34-20-7-4-18(5-8-20)24-23-25(31)21-17-19(28)6-9-22(21)35-26(23)27(32)30(24)11-3-10-29-12-15-33-16-13-29/h2,4-9,17,24H,1,3,10-16H2. The van der Waals surface area contributed by atoms with E-state index in [1.54, 1.807) is 29.2 Å². The quantitative estimate of drug-likeness (QED) is 0.396. The average molecular weight is 539 g/mol. The molecule has 1 fully saturated rings. The molecule has 7 nitrogen and oxygen atoms in total. The summed E-state index contributed by atoms with van der Waals surface area (Å²) in [6.07, 6.45) is 2.47. The molecule has 0 saturated carbocycles.